The molecule has 0 spiro atoms. The molecule has 2 nitrogen and oxygen atoms in total. The van der Waals surface area contributed by atoms with E-state index in [-0.39, 0.29) is 5.41 Å². The third-order valence-electron chi connectivity index (χ3n) is 4.02. The van der Waals surface area contributed by atoms with Gasteiger partial charge in [-0.05, 0) is 32.7 Å². The van der Waals surface area contributed by atoms with Crippen LogP contribution in [0.25, 0.3) is 0 Å². The molecule has 1 aliphatic heterocycles. The van der Waals surface area contributed by atoms with E-state index in [1.165, 1.54) is 38.6 Å². The maximum absolute atomic E-state index is 11.6. The fourth-order valence-corrected chi connectivity index (χ4v) is 2.53. The Morgan fingerprint density at radius 1 is 1.31 bits per heavy atom. The van der Waals surface area contributed by atoms with Crippen molar-refractivity contribution in [2.75, 3.05) is 13.1 Å². The van der Waals surface area contributed by atoms with Crippen molar-refractivity contribution in [2.24, 2.45) is 5.41 Å². The number of hydrogen-bond donors (Lipinski definition) is 0. The molecule has 1 saturated heterocycles. The topological polar surface area (TPSA) is 20.3 Å². The average molecular weight is 225 g/mol. The summed E-state index contributed by atoms with van der Waals surface area (Å²) in [5, 5.41) is 0. The number of carbonyl (C=O) groups excluding carboxylic acids is 1. The van der Waals surface area contributed by atoms with Gasteiger partial charge in [-0.2, -0.15) is 0 Å². The predicted octanol–water partition coefficient (Wildman–Crippen LogP) is 3.26. The van der Waals surface area contributed by atoms with E-state index >= 15 is 0 Å². The van der Waals surface area contributed by atoms with Gasteiger partial charge in [-0.25, -0.2) is 0 Å². The number of hydrogen-bond acceptors (Lipinski definition) is 2. The molecule has 0 aromatic heterocycles. The Morgan fingerprint density at radius 2 is 2.00 bits per heavy atom. The maximum Gasteiger partial charge on any atom is 0.136 e. The van der Waals surface area contributed by atoms with Crippen molar-refractivity contribution in [3.63, 3.8) is 0 Å². The molecular formula is C14H27NO. The number of rotatable bonds is 4. The molecule has 94 valence electrons. The largest absolute Gasteiger partial charge is 0.299 e. The van der Waals surface area contributed by atoms with E-state index in [1.807, 2.05) is 0 Å². The van der Waals surface area contributed by atoms with Gasteiger partial charge in [-0.1, -0.05) is 33.6 Å². The van der Waals surface area contributed by atoms with Crippen molar-refractivity contribution < 1.29 is 4.79 Å². The second-order valence-electron chi connectivity index (χ2n) is 5.82. The molecule has 1 heterocycles. The van der Waals surface area contributed by atoms with Gasteiger partial charge in [0.15, 0.2) is 0 Å². The normalized spacial score (nSPS) is 24.1. The van der Waals surface area contributed by atoms with E-state index in [0.717, 1.165) is 6.54 Å². The van der Waals surface area contributed by atoms with Crippen molar-refractivity contribution in [3.8, 4) is 0 Å². The van der Waals surface area contributed by atoms with E-state index in [4.69, 9.17) is 0 Å². The van der Waals surface area contributed by atoms with Crippen LogP contribution in [-0.2, 0) is 4.79 Å². The van der Waals surface area contributed by atoms with Gasteiger partial charge in [0.05, 0.1) is 0 Å². The number of ketones is 1. The fourth-order valence-electron chi connectivity index (χ4n) is 2.53. The van der Waals surface area contributed by atoms with Crippen LogP contribution >= 0.6 is 0 Å². The monoisotopic (exact) mass is 225 g/mol. The highest BCUT2D eigenvalue weighted by atomic mass is 16.1. The Bertz CT molecular complexity index is 235. The van der Waals surface area contributed by atoms with Gasteiger partial charge < -0.3 is 0 Å². The number of likely N-dealkylation sites (tertiary alicyclic amines) is 1. The van der Waals surface area contributed by atoms with Crippen molar-refractivity contribution in [1.29, 1.82) is 0 Å². The highest BCUT2D eigenvalue weighted by Gasteiger charge is 2.30. The molecule has 1 unspecified atom stereocenters. The maximum atomic E-state index is 11.6. The van der Waals surface area contributed by atoms with Gasteiger partial charge in [0, 0.05) is 18.0 Å². The van der Waals surface area contributed by atoms with E-state index in [9.17, 15) is 4.79 Å². The fraction of sp³-hybridized carbons (Fsp3) is 0.929. The molecule has 16 heavy (non-hydrogen) atoms. The Balaban J connectivity index is 2.64. The quantitative estimate of drug-likeness (QED) is 0.732. The summed E-state index contributed by atoms with van der Waals surface area (Å²) in [5.74, 6) is 0.312. The predicted molar refractivity (Wildman–Crippen MR) is 68.6 cm³/mol. The Morgan fingerprint density at radius 3 is 2.56 bits per heavy atom. The van der Waals surface area contributed by atoms with E-state index < -0.39 is 0 Å². The molecule has 1 fully saturated rings. The van der Waals surface area contributed by atoms with Crippen molar-refractivity contribution in [2.45, 2.75) is 65.8 Å². The molecular weight excluding hydrogens is 198 g/mol. The van der Waals surface area contributed by atoms with Crippen molar-refractivity contribution >= 4 is 5.78 Å². The highest BCUT2D eigenvalue weighted by Crippen LogP contribution is 2.25. The third-order valence-corrected chi connectivity index (χ3v) is 4.02. The van der Waals surface area contributed by atoms with Gasteiger partial charge in [0.1, 0.15) is 5.78 Å². The number of Topliss-reactive ketones (excluding diaryl/α,β-unsaturated/α-hetero) is 1. The van der Waals surface area contributed by atoms with Crippen LogP contribution in [0.3, 0.4) is 0 Å². The summed E-state index contributed by atoms with van der Waals surface area (Å²) < 4.78 is 0. The zero-order valence-corrected chi connectivity index (χ0v) is 11.4. The molecule has 0 N–H and O–H groups in total. The minimum Gasteiger partial charge on any atom is -0.299 e. The molecule has 0 aromatic rings. The molecule has 0 saturated carbocycles. The lowest BCUT2D eigenvalue weighted by atomic mass is 9.87. The molecule has 1 rings (SSSR count). The van der Waals surface area contributed by atoms with Gasteiger partial charge >= 0.3 is 0 Å². The highest BCUT2D eigenvalue weighted by molar-refractivity contribution is 5.81. The summed E-state index contributed by atoms with van der Waals surface area (Å²) in [5.41, 5.74) is -0.183. The smallest absolute Gasteiger partial charge is 0.136 e. The average Bonchev–Trinajstić information content (AvgIpc) is 2.42. The van der Waals surface area contributed by atoms with Crippen LogP contribution in [0.2, 0.25) is 0 Å². The zero-order valence-electron chi connectivity index (χ0n) is 11.4. The Kier molecular flexibility index (Phi) is 4.97. The van der Waals surface area contributed by atoms with Crippen LogP contribution in [0.4, 0.5) is 0 Å². The second kappa shape index (κ2) is 5.81. The molecule has 0 aromatic carbocycles. The molecule has 0 radical (unpaired) electrons. The first-order valence-corrected chi connectivity index (χ1v) is 6.72. The molecule has 1 aliphatic rings. The molecule has 0 bridgehead atoms. The summed E-state index contributed by atoms with van der Waals surface area (Å²) in [4.78, 5) is 14.1. The van der Waals surface area contributed by atoms with Crippen molar-refractivity contribution in [3.05, 3.63) is 0 Å². The summed E-state index contributed by atoms with van der Waals surface area (Å²) >= 11 is 0. The lowest BCUT2D eigenvalue weighted by molar-refractivity contribution is -0.126. The molecule has 0 amide bonds. The SMILES string of the molecule is CCC1CCCCCN1CC(C)(C)C(C)=O. The molecule has 2 heteroatoms. The lowest BCUT2D eigenvalue weighted by Gasteiger charge is -2.35. The lowest BCUT2D eigenvalue weighted by Crippen LogP contribution is -2.43. The Hall–Kier alpha value is -0.370. The van der Waals surface area contributed by atoms with Crippen molar-refractivity contribution in [1.82, 2.24) is 4.90 Å². The summed E-state index contributed by atoms with van der Waals surface area (Å²) in [6.45, 7) is 10.2. The minimum atomic E-state index is -0.183. The van der Waals surface area contributed by atoms with Crippen LogP contribution in [0.5, 0.6) is 0 Å². The second-order valence-corrected chi connectivity index (χ2v) is 5.82. The summed E-state index contributed by atoms with van der Waals surface area (Å²) in [7, 11) is 0. The number of carbonyl (C=O) groups is 1. The molecule has 0 aliphatic carbocycles. The minimum absolute atomic E-state index is 0.183. The van der Waals surface area contributed by atoms with E-state index in [1.54, 1.807) is 6.92 Å². The van der Waals surface area contributed by atoms with Gasteiger partial charge in [-0.15, -0.1) is 0 Å². The van der Waals surface area contributed by atoms with Crippen LogP contribution < -0.4 is 0 Å². The Labute approximate surface area is 100 Å². The van der Waals surface area contributed by atoms with Crippen LogP contribution in [0.1, 0.15) is 59.8 Å². The van der Waals surface area contributed by atoms with Crippen LogP contribution in [0.15, 0.2) is 0 Å². The first kappa shape index (κ1) is 13.7. The van der Waals surface area contributed by atoms with Gasteiger partial charge in [0.25, 0.3) is 0 Å². The summed E-state index contributed by atoms with van der Waals surface area (Å²) in [6, 6.07) is 0.695. The third kappa shape index (κ3) is 3.58. The molecule has 1 atom stereocenters. The first-order valence-electron chi connectivity index (χ1n) is 6.72. The van der Waals surface area contributed by atoms with Crippen LogP contribution in [-0.4, -0.2) is 29.8 Å². The number of nitrogens with zero attached hydrogens (tertiary/aromatic N) is 1. The summed E-state index contributed by atoms with van der Waals surface area (Å²) in [6.07, 6.45) is 6.53. The first-order chi connectivity index (χ1) is 7.47. The van der Waals surface area contributed by atoms with Crippen LogP contribution in [0, 0.1) is 5.41 Å². The van der Waals surface area contributed by atoms with Gasteiger partial charge in [0.2, 0.25) is 0 Å². The standard InChI is InChI=1S/C14H27NO/c1-5-13-9-7-6-8-10-15(13)11-14(3,4)12(2)16/h13H,5-11H2,1-4H3. The van der Waals surface area contributed by atoms with Gasteiger partial charge in [-0.3, -0.25) is 9.69 Å². The van der Waals surface area contributed by atoms with E-state index in [0.29, 0.717) is 11.8 Å². The zero-order chi connectivity index (χ0) is 12.2. The van der Waals surface area contributed by atoms with E-state index in [2.05, 4.69) is 25.7 Å².